The van der Waals surface area contributed by atoms with Gasteiger partial charge >= 0.3 is 0 Å². The Kier molecular flexibility index (Phi) is 3.65. The van der Waals surface area contributed by atoms with Gasteiger partial charge in [-0.1, -0.05) is 34.4 Å². The van der Waals surface area contributed by atoms with E-state index in [9.17, 15) is 8.78 Å². The van der Waals surface area contributed by atoms with Crippen LogP contribution in [0, 0.1) is 11.6 Å². The molecule has 2 rings (SSSR count). The third-order valence-corrected chi connectivity index (χ3v) is 3.01. The molecule has 0 aliphatic rings. The van der Waals surface area contributed by atoms with Crippen molar-refractivity contribution in [2.45, 2.75) is 19.8 Å². The largest absolute Gasteiger partial charge is 0.381 e. The fourth-order valence-electron chi connectivity index (χ4n) is 1.77. The van der Waals surface area contributed by atoms with Crippen molar-refractivity contribution < 1.29 is 13.3 Å². The van der Waals surface area contributed by atoms with Gasteiger partial charge in [0.1, 0.15) is 11.6 Å². The van der Waals surface area contributed by atoms with Crippen molar-refractivity contribution in [3.63, 3.8) is 0 Å². The summed E-state index contributed by atoms with van der Waals surface area (Å²) in [7, 11) is 0. The van der Waals surface area contributed by atoms with Crippen LogP contribution in [0.4, 0.5) is 14.6 Å². The molecule has 0 saturated heterocycles. The summed E-state index contributed by atoms with van der Waals surface area (Å²) < 4.78 is 32.9. The van der Waals surface area contributed by atoms with Crippen molar-refractivity contribution in [3.8, 4) is 11.3 Å². The number of benzene rings is 1. The van der Waals surface area contributed by atoms with Gasteiger partial charge in [0.15, 0.2) is 11.6 Å². The van der Waals surface area contributed by atoms with Crippen LogP contribution in [-0.2, 0) is 6.42 Å². The Labute approximate surface area is 111 Å². The molecule has 0 spiro atoms. The number of halogens is 3. The minimum Gasteiger partial charge on any atom is -0.381 e. The Balaban J connectivity index is 2.62. The van der Waals surface area contributed by atoms with Gasteiger partial charge in [-0.2, -0.15) is 0 Å². The second kappa shape index (κ2) is 5.06. The predicted molar refractivity (Wildman–Crippen MR) is 68.0 cm³/mol. The number of aromatic nitrogens is 1. The maximum atomic E-state index is 13.8. The number of nitrogens with two attached hydrogens (primary N) is 1. The lowest BCUT2D eigenvalue weighted by Crippen LogP contribution is -1.96. The Morgan fingerprint density at radius 2 is 1.94 bits per heavy atom. The van der Waals surface area contributed by atoms with Crippen molar-refractivity contribution in [1.82, 2.24) is 5.16 Å². The molecule has 0 radical (unpaired) electrons. The molecular formula is C12H11BrF2N2O. The Morgan fingerprint density at radius 3 is 2.50 bits per heavy atom. The molecule has 0 fully saturated rings. The van der Waals surface area contributed by atoms with Gasteiger partial charge in [0.2, 0.25) is 0 Å². The van der Waals surface area contributed by atoms with Gasteiger partial charge in [-0.05, 0) is 18.6 Å². The van der Waals surface area contributed by atoms with E-state index in [0.717, 1.165) is 6.42 Å². The van der Waals surface area contributed by atoms with Crippen LogP contribution in [0.1, 0.15) is 18.9 Å². The van der Waals surface area contributed by atoms with Gasteiger partial charge in [0.25, 0.3) is 0 Å². The molecule has 0 saturated carbocycles. The summed E-state index contributed by atoms with van der Waals surface area (Å²) in [6.07, 6.45) is 1.33. The van der Waals surface area contributed by atoms with Crippen LogP contribution < -0.4 is 5.73 Å². The summed E-state index contributed by atoms with van der Waals surface area (Å²) in [5.74, 6) is -1.18. The third-order valence-electron chi connectivity index (χ3n) is 2.55. The Bertz CT molecular complexity index is 560. The molecule has 0 aliphatic heterocycles. The highest BCUT2D eigenvalue weighted by atomic mass is 79.9. The molecule has 18 heavy (non-hydrogen) atoms. The minimum atomic E-state index is -0.713. The van der Waals surface area contributed by atoms with Crippen molar-refractivity contribution >= 4 is 21.7 Å². The average Bonchev–Trinajstić information content (AvgIpc) is 2.61. The van der Waals surface area contributed by atoms with E-state index >= 15 is 0 Å². The lowest BCUT2D eigenvalue weighted by atomic mass is 10.0. The number of nitrogens with zero attached hydrogens (tertiary/aromatic N) is 1. The van der Waals surface area contributed by atoms with E-state index in [0.29, 0.717) is 16.5 Å². The zero-order valence-corrected chi connectivity index (χ0v) is 11.2. The third kappa shape index (κ3) is 2.25. The van der Waals surface area contributed by atoms with Gasteiger partial charge in [0.05, 0.1) is 5.56 Å². The number of hydrogen-bond acceptors (Lipinski definition) is 3. The van der Waals surface area contributed by atoms with Gasteiger partial charge in [-0.25, -0.2) is 8.78 Å². The van der Waals surface area contributed by atoms with Crippen LogP contribution in [0.25, 0.3) is 11.3 Å². The van der Waals surface area contributed by atoms with Crippen LogP contribution in [0.3, 0.4) is 0 Å². The van der Waals surface area contributed by atoms with E-state index in [-0.39, 0.29) is 17.1 Å². The molecule has 6 heteroatoms. The molecule has 1 heterocycles. The van der Waals surface area contributed by atoms with Crippen LogP contribution in [0.2, 0.25) is 0 Å². The highest BCUT2D eigenvalue weighted by Crippen LogP contribution is 2.34. The number of rotatable bonds is 3. The van der Waals surface area contributed by atoms with Crippen molar-refractivity contribution in [3.05, 3.63) is 33.8 Å². The summed E-state index contributed by atoms with van der Waals surface area (Å²) in [5, 5.41) is 3.57. The normalized spacial score (nSPS) is 10.9. The molecule has 0 unspecified atom stereocenters. The van der Waals surface area contributed by atoms with Gasteiger partial charge in [-0.15, -0.1) is 0 Å². The quantitative estimate of drug-likeness (QED) is 0.933. The Hall–Kier alpha value is -1.43. The summed E-state index contributed by atoms with van der Waals surface area (Å²) in [6, 6.07) is 2.35. The monoisotopic (exact) mass is 316 g/mol. The molecule has 2 N–H and O–H groups in total. The predicted octanol–water partition coefficient (Wildman–Crippen LogP) is 3.92. The molecule has 3 nitrogen and oxygen atoms in total. The minimum absolute atomic E-state index is 0.0665. The van der Waals surface area contributed by atoms with E-state index < -0.39 is 11.6 Å². The molecule has 1 aromatic heterocycles. The van der Waals surface area contributed by atoms with Crippen LogP contribution >= 0.6 is 15.9 Å². The summed E-state index contributed by atoms with van der Waals surface area (Å²) in [5.41, 5.74) is 5.94. The summed E-state index contributed by atoms with van der Waals surface area (Å²) >= 11 is 3.02. The summed E-state index contributed by atoms with van der Waals surface area (Å²) in [4.78, 5) is 0. The highest BCUT2D eigenvalue weighted by Gasteiger charge is 2.22. The number of hydrogen-bond donors (Lipinski definition) is 1. The first-order valence-electron chi connectivity index (χ1n) is 5.43. The van der Waals surface area contributed by atoms with E-state index in [1.54, 1.807) is 0 Å². The maximum absolute atomic E-state index is 13.8. The smallest absolute Gasteiger partial charge is 0.178 e. The topological polar surface area (TPSA) is 52.0 Å². The Morgan fingerprint density at radius 1 is 1.33 bits per heavy atom. The SMILES string of the molecule is CCCc1c(N)noc1-c1c(F)cc(Br)cc1F. The van der Waals surface area contributed by atoms with E-state index in [4.69, 9.17) is 10.3 Å². The number of anilines is 1. The van der Waals surface area contributed by atoms with E-state index in [1.165, 1.54) is 12.1 Å². The van der Waals surface area contributed by atoms with Crippen LogP contribution in [0.5, 0.6) is 0 Å². The highest BCUT2D eigenvalue weighted by molar-refractivity contribution is 9.10. The summed E-state index contributed by atoms with van der Waals surface area (Å²) in [6.45, 7) is 1.94. The first-order chi connectivity index (χ1) is 8.54. The molecule has 0 bridgehead atoms. The van der Waals surface area contributed by atoms with Gasteiger partial charge < -0.3 is 10.3 Å². The second-order valence-corrected chi connectivity index (χ2v) is 4.79. The average molecular weight is 317 g/mol. The van der Waals surface area contributed by atoms with Gasteiger partial charge in [0, 0.05) is 10.0 Å². The van der Waals surface area contributed by atoms with Crippen molar-refractivity contribution in [2.75, 3.05) is 5.73 Å². The zero-order chi connectivity index (χ0) is 13.3. The molecule has 96 valence electrons. The maximum Gasteiger partial charge on any atom is 0.178 e. The molecule has 0 amide bonds. The second-order valence-electron chi connectivity index (χ2n) is 3.87. The van der Waals surface area contributed by atoms with Crippen LogP contribution in [-0.4, -0.2) is 5.16 Å². The van der Waals surface area contributed by atoms with Crippen molar-refractivity contribution in [1.29, 1.82) is 0 Å². The first kappa shape index (κ1) is 13.0. The van der Waals surface area contributed by atoms with E-state index in [1.807, 2.05) is 6.92 Å². The molecular weight excluding hydrogens is 306 g/mol. The fraction of sp³-hybridized carbons (Fsp3) is 0.250. The fourth-order valence-corrected chi connectivity index (χ4v) is 2.17. The lowest BCUT2D eigenvalue weighted by Gasteiger charge is -2.04. The zero-order valence-electron chi connectivity index (χ0n) is 9.64. The first-order valence-corrected chi connectivity index (χ1v) is 6.22. The van der Waals surface area contributed by atoms with Crippen LogP contribution in [0.15, 0.2) is 21.1 Å². The lowest BCUT2D eigenvalue weighted by molar-refractivity contribution is 0.429. The molecule has 0 aliphatic carbocycles. The number of nitrogen functional groups attached to an aromatic ring is 1. The van der Waals surface area contributed by atoms with Gasteiger partial charge in [-0.3, -0.25) is 0 Å². The van der Waals surface area contributed by atoms with Crippen molar-refractivity contribution in [2.24, 2.45) is 0 Å². The molecule has 2 aromatic rings. The molecule has 1 aromatic carbocycles. The van der Waals surface area contributed by atoms with E-state index in [2.05, 4.69) is 21.1 Å². The standard InChI is InChI=1S/C12H11BrF2N2O/c1-2-3-7-11(18-17-12(7)16)10-8(14)4-6(13)5-9(10)15/h4-5H,2-3H2,1H3,(H2,16,17). The molecule has 0 atom stereocenters.